The summed E-state index contributed by atoms with van der Waals surface area (Å²) in [5.41, 5.74) is 4.46. The summed E-state index contributed by atoms with van der Waals surface area (Å²) in [5, 5.41) is 0. The highest BCUT2D eigenvalue weighted by molar-refractivity contribution is 5.06. The molecule has 0 atom stereocenters. The molecule has 0 aliphatic carbocycles. The van der Waals surface area contributed by atoms with Gasteiger partial charge in [-0.2, -0.15) is 13.2 Å². The van der Waals surface area contributed by atoms with Crippen LogP contribution < -0.4 is 5.73 Å². The fraction of sp³-hybridized carbons (Fsp3) is 0.429. The van der Waals surface area contributed by atoms with Crippen molar-refractivity contribution in [2.75, 3.05) is 6.54 Å². The normalized spacial score (nSPS) is 11.7. The summed E-state index contributed by atoms with van der Waals surface area (Å²) in [7, 11) is 0. The molecule has 0 bridgehead atoms. The summed E-state index contributed by atoms with van der Waals surface area (Å²) in [5.74, 6) is 0. The predicted octanol–water partition coefficient (Wildman–Crippen LogP) is 0.997. The van der Waals surface area contributed by atoms with Crippen LogP contribution >= 0.6 is 0 Å². The third-order valence-electron chi connectivity index (χ3n) is 1.38. The lowest BCUT2D eigenvalue weighted by Crippen LogP contribution is -2.12. The molecule has 1 rings (SSSR count). The second-order valence-electron chi connectivity index (χ2n) is 2.43. The van der Waals surface area contributed by atoms with Gasteiger partial charge in [0.05, 0.1) is 11.9 Å². The molecule has 6 heteroatoms. The second kappa shape index (κ2) is 3.69. The van der Waals surface area contributed by atoms with Crippen molar-refractivity contribution in [2.24, 2.45) is 5.73 Å². The third kappa shape index (κ3) is 2.66. The number of hydrogen-bond donors (Lipinski definition) is 1. The van der Waals surface area contributed by atoms with Gasteiger partial charge in [-0.25, -0.2) is 4.98 Å². The van der Waals surface area contributed by atoms with Gasteiger partial charge in [0, 0.05) is 12.6 Å². The summed E-state index contributed by atoms with van der Waals surface area (Å²) in [4.78, 5) is 6.80. The maximum atomic E-state index is 12.1. The van der Waals surface area contributed by atoms with Crippen LogP contribution in [0.4, 0.5) is 13.2 Å². The van der Waals surface area contributed by atoms with Crippen LogP contribution in [0, 0.1) is 0 Å². The monoisotopic (exact) mass is 191 g/mol. The number of alkyl halides is 3. The second-order valence-corrected chi connectivity index (χ2v) is 2.43. The van der Waals surface area contributed by atoms with Gasteiger partial charge in [0.15, 0.2) is 5.69 Å². The molecule has 0 aliphatic heterocycles. The van der Waals surface area contributed by atoms with E-state index in [-0.39, 0.29) is 12.2 Å². The Bertz CT molecular complexity index is 285. The lowest BCUT2D eigenvalue weighted by molar-refractivity contribution is -0.141. The summed E-state index contributed by atoms with van der Waals surface area (Å²) in [6.07, 6.45) is -2.16. The van der Waals surface area contributed by atoms with Crippen molar-refractivity contribution in [2.45, 2.75) is 12.6 Å². The average Bonchev–Trinajstić information content (AvgIpc) is 2.04. The van der Waals surface area contributed by atoms with E-state index < -0.39 is 11.9 Å². The Kier molecular flexibility index (Phi) is 2.82. The maximum Gasteiger partial charge on any atom is 0.434 e. The van der Waals surface area contributed by atoms with Crippen LogP contribution in [-0.4, -0.2) is 16.5 Å². The number of nitrogens with two attached hydrogens (primary N) is 1. The van der Waals surface area contributed by atoms with Crippen LogP contribution in [0.5, 0.6) is 0 Å². The molecule has 0 unspecified atom stereocenters. The standard InChI is InChI=1S/C7H8F3N3/c8-7(9,10)6-4-12-3-5(13-6)1-2-11/h3-4H,1-2,11H2. The van der Waals surface area contributed by atoms with Crippen molar-refractivity contribution in [1.82, 2.24) is 9.97 Å². The molecule has 1 heterocycles. The van der Waals surface area contributed by atoms with Crippen LogP contribution in [0.2, 0.25) is 0 Å². The minimum absolute atomic E-state index is 0.260. The Morgan fingerprint density at radius 1 is 1.31 bits per heavy atom. The first-order valence-corrected chi connectivity index (χ1v) is 3.62. The first-order valence-electron chi connectivity index (χ1n) is 3.62. The van der Waals surface area contributed by atoms with Crippen molar-refractivity contribution < 1.29 is 13.2 Å². The number of rotatable bonds is 2. The summed E-state index contributed by atoms with van der Waals surface area (Å²) < 4.78 is 36.2. The van der Waals surface area contributed by atoms with Gasteiger partial charge in [-0.15, -0.1) is 0 Å². The molecular formula is C7H8F3N3. The minimum Gasteiger partial charge on any atom is -0.330 e. The SMILES string of the molecule is NCCc1cncc(C(F)(F)F)n1. The van der Waals surface area contributed by atoms with E-state index in [1.54, 1.807) is 0 Å². The van der Waals surface area contributed by atoms with Gasteiger partial charge < -0.3 is 5.73 Å². The van der Waals surface area contributed by atoms with Crippen LogP contribution in [0.3, 0.4) is 0 Å². The molecule has 0 amide bonds. The Balaban J connectivity index is 2.92. The predicted molar refractivity (Wildman–Crippen MR) is 39.8 cm³/mol. The molecule has 0 saturated heterocycles. The highest BCUT2D eigenvalue weighted by Crippen LogP contribution is 2.26. The number of hydrogen-bond acceptors (Lipinski definition) is 3. The van der Waals surface area contributed by atoms with Crippen molar-refractivity contribution in [3.8, 4) is 0 Å². The lowest BCUT2D eigenvalue weighted by Gasteiger charge is -2.05. The van der Waals surface area contributed by atoms with E-state index in [2.05, 4.69) is 9.97 Å². The van der Waals surface area contributed by atoms with Crippen LogP contribution in [-0.2, 0) is 12.6 Å². The molecule has 0 aromatic carbocycles. The van der Waals surface area contributed by atoms with Crippen molar-refractivity contribution in [3.63, 3.8) is 0 Å². The molecule has 1 aromatic heterocycles. The molecule has 3 nitrogen and oxygen atoms in total. The van der Waals surface area contributed by atoms with Gasteiger partial charge in [0.25, 0.3) is 0 Å². The highest BCUT2D eigenvalue weighted by atomic mass is 19.4. The third-order valence-corrected chi connectivity index (χ3v) is 1.38. The fourth-order valence-electron chi connectivity index (χ4n) is 0.811. The van der Waals surface area contributed by atoms with Crippen molar-refractivity contribution in [3.05, 3.63) is 23.8 Å². The number of nitrogens with zero attached hydrogens (tertiary/aromatic N) is 2. The molecule has 0 radical (unpaired) electrons. The summed E-state index contributed by atoms with van der Waals surface area (Å²) in [6.45, 7) is 0.260. The fourth-order valence-corrected chi connectivity index (χ4v) is 0.811. The van der Waals surface area contributed by atoms with Gasteiger partial charge in [-0.1, -0.05) is 0 Å². The Hall–Kier alpha value is -1.17. The highest BCUT2D eigenvalue weighted by Gasteiger charge is 2.32. The lowest BCUT2D eigenvalue weighted by atomic mass is 10.3. The van der Waals surface area contributed by atoms with E-state index in [0.717, 1.165) is 0 Å². The van der Waals surface area contributed by atoms with Gasteiger partial charge in [0.2, 0.25) is 0 Å². The molecular weight excluding hydrogens is 183 g/mol. The largest absolute Gasteiger partial charge is 0.434 e. The molecule has 72 valence electrons. The molecule has 0 spiro atoms. The zero-order valence-corrected chi connectivity index (χ0v) is 6.67. The first kappa shape index (κ1) is 9.91. The minimum atomic E-state index is -4.43. The first-order chi connectivity index (χ1) is 6.04. The van der Waals surface area contributed by atoms with E-state index in [0.29, 0.717) is 12.6 Å². The average molecular weight is 191 g/mol. The molecule has 13 heavy (non-hydrogen) atoms. The molecule has 0 fully saturated rings. The van der Waals surface area contributed by atoms with Crippen molar-refractivity contribution in [1.29, 1.82) is 0 Å². The quantitative estimate of drug-likeness (QED) is 0.758. The van der Waals surface area contributed by atoms with E-state index in [9.17, 15) is 13.2 Å². The van der Waals surface area contributed by atoms with Crippen molar-refractivity contribution >= 4 is 0 Å². The van der Waals surface area contributed by atoms with E-state index in [1.807, 2.05) is 0 Å². The maximum absolute atomic E-state index is 12.1. The smallest absolute Gasteiger partial charge is 0.330 e. The summed E-state index contributed by atoms with van der Waals surface area (Å²) >= 11 is 0. The van der Waals surface area contributed by atoms with E-state index in [1.165, 1.54) is 6.20 Å². The van der Waals surface area contributed by atoms with E-state index in [4.69, 9.17) is 5.73 Å². The van der Waals surface area contributed by atoms with Gasteiger partial charge >= 0.3 is 6.18 Å². The van der Waals surface area contributed by atoms with Gasteiger partial charge in [-0.05, 0) is 6.54 Å². The number of halogens is 3. The topological polar surface area (TPSA) is 51.8 Å². The van der Waals surface area contributed by atoms with Crippen LogP contribution in [0.1, 0.15) is 11.4 Å². The zero-order valence-electron chi connectivity index (χ0n) is 6.67. The Morgan fingerprint density at radius 2 is 2.00 bits per heavy atom. The summed E-state index contributed by atoms with van der Waals surface area (Å²) in [6, 6.07) is 0. The molecule has 0 aliphatic rings. The van der Waals surface area contributed by atoms with Crippen LogP contribution in [0.25, 0.3) is 0 Å². The Morgan fingerprint density at radius 3 is 2.54 bits per heavy atom. The molecule has 1 aromatic rings. The number of aromatic nitrogens is 2. The van der Waals surface area contributed by atoms with Gasteiger partial charge in [0.1, 0.15) is 0 Å². The molecule has 0 saturated carbocycles. The zero-order chi connectivity index (χ0) is 9.90. The molecule has 2 N–H and O–H groups in total. The van der Waals surface area contributed by atoms with Crippen LogP contribution in [0.15, 0.2) is 12.4 Å². The van der Waals surface area contributed by atoms with E-state index >= 15 is 0 Å². The Labute approximate surface area is 72.8 Å². The van der Waals surface area contributed by atoms with Gasteiger partial charge in [-0.3, -0.25) is 4.98 Å².